The van der Waals surface area contributed by atoms with Gasteiger partial charge in [0.15, 0.2) is 0 Å². The Bertz CT molecular complexity index is 905. The number of benzene rings is 3. The maximum atomic E-state index is 14.9. The van der Waals surface area contributed by atoms with E-state index in [-0.39, 0.29) is 5.82 Å². The van der Waals surface area contributed by atoms with Crippen molar-refractivity contribution in [3.8, 4) is 22.3 Å². The standard InChI is InChI=1S/C26H32FN3/c27-26-18-24(22-9-5-20(6-10-22)4-1-2-15-28)13-14-25(26)23-11-7-21(8-12-23)19-30-17-3-16-29/h5-14,18,30H,1-4,15-17,19,28-29H2. The Morgan fingerprint density at radius 3 is 1.97 bits per heavy atom. The van der Waals surface area contributed by atoms with Crippen LogP contribution in [0.2, 0.25) is 0 Å². The van der Waals surface area contributed by atoms with E-state index in [1.165, 1.54) is 11.1 Å². The van der Waals surface area contributed by atoms with Crippen LogP contribution in [-0.2, 0) is 13.0 Å². The van der Waals surface area contributed by atoms with Crippen LogP contribution >= 0.6 is 0 Å². The van der Waals surface area contributed by atoms with Crippen LogP contribution in [0.5, 0.6) is 0 Å². The fourth-order valence-electron chi connectivity index (χ4n) is 3.53. The van der Waals surface area contributed by atoms with E-state index in [2.05, 4.69) is 29.6 Å². The van der Waals surface area contributed by atoms with Gasteiger partial charge in [0, 0.05) is 12.1 Å². The van der Waals surface area contributed by atoms with Crippen LogP contribution in [0.25, 0.3) is 22.3 Å². The summed E-state index contributed by atoms with van der Waals surface area (Å²) in [4.78, 5) is 0. The normalized spacial score (nSPS) is 11.0. The first-order valence-electron chi connectivity index (χ1n) is 10.8. The maximum Gasteiger partial charge on any atom is 0.131 e. The lowest BCUT2D eigenvalue weighted by molar-refractivity contribution is 0.632. The summed E-state index contributed by atoms with van der Waals surface area (Å²) in [6.45, 7) is 3.13. The van der Waals surface area contributed by atoms with Gasteiger partial charge in [0.25, 0.3) is 0 Å². The van der Waals surface area contributed by atoms with Gasteiger partial charge in [-0.1, -0.05) is 60.7 Å². The van der Waals surface area contributed by atoms with Gasteiger partial charge in [0.2, 0.25) is 0 Å². The van der Waals surface area contributed by atoms with E-state index in [1.54, 1.807) is 6.07 Å². The zero-order valence-electron chi connectivity index (χ0n) is 17.5. The molecule has 0 atom stereocenters. The highest BCUT2D eigenvalue weighted by molar-refractivity contribution is 5.71. The van der Waals surface area contributed by atoms with Gasteiger partial charge in [-0.25, -0.2) is 4.39 Å². The number of halogens is 1. The molecule has 4 heteroatoms. The van der Waals surface area contributed by atoms with Gasteiger partial charge >= 0.3 is 0 Å². The van der Waals surface area contributed by atoms with E-state index >= 15 is 0 Å². The van der Waals surface area contributed by atoms with Crippen LogP contribution in [-0.4, -0.2) is 19.6 Å². The van der Waals surface area contributed by atoms with E-state index in [0.717, 1.165) is 62.0 Å². The van der Waals surface area contributed by atoms with Crippen molar-refractivity contribution in [2.45, 2.75) is 32.2 Å². The molecule has 0 saturated heterocycles. The number of nitrogens with two attached hydrogens (primary N) is 2. The van der Waals surface area contributed by atoms with Crippen LogP contribution in [0.4, 0.5) is 4.39 Å². The lowest BCUT2D eigenvalue weighted by Gasteiger charge is -2.09. The van der Waals surface area contributed by atoms with Crippen LogP contribution in [0.3, 0.4) is 0 Å². The zero-order valence-corrected chi connectivity index (χ0v) is 17.5. The third-order valence-corrected chi connectivity index (χ3v) is 5.33. The smallest absolute Gasteiger partial charge is 0.131 e. The first kappa shape index (κ1) is 22.2. The molecule has 3 aromatic carbocycles. The van der Waals surface area contributed by atoms with E-state index in [4.69, 9.17) is 11.5 Å². The summed E-state index contributed by atoms with van der Waals surface area (Å²) < 4.78 is 14.9. The quantitative estimate of drug-likeness (QED) is 0.398. The lowest BCUT2D eigenvalue weighted by Crippen LogP contribution is -2.17. The Labute approximate surface area is 179 Å². The Hall–Kier alpha value is -2.53. The topological polar surface area (TPSA) is 64.1 Å². The predicted molar refractivity (Wildman–Crippen MR) is 125 cm³/mol. The molecule has 0 heterocycles. The minimum atomic E-state index is -0.201. The summed E-state index contributed by atoms with van der Waals surface area (Å²) in [5.74, 6) is -0.201. The lowest BCUT2D eigenvalue weighted by atomic mass is 9.97. The summed E-state index contributed by atoms with van der Waals surface area (Å²) in [6, 6.07) is 21.9. The molecule has 0 aliphatic heterocycles. The minimum Gasteiger partial charge on any atom is -0.330 e. The SMILES string of the molecule is NCCCCc1ccc(-c2ccc(-c3ccc(CNCCCN)cc3)c(F)c2)cc1. The molecule has 0 bridgehead atoms. The maximum absolute atomic E-state index is 14.9. The third-order valence-electron chi connectivity index (χ3n) is 5.33. The van der Waals surface area contributed by atoms with Crippen molar-refractivity contribution in [2.24, 2.45) is 11.5 Å². The van der Waals surface area contributed by atoms with Gasteiger partial charge in [0.05, 0.1) is 0 Å². The zero-order chi connectivity index (χ0) is 21.2. The predicted octanol–water partition coefficient (Wildman–Crippen LogP) is 4.88. The molecule has 3 aromatic rings. The number of hydrogen-bond donors (Lipinski definition) is 3. The highest BCUT2D eigenvalue weighted by atomic mass is 19.1. The summed E-state index contributed by atoms with van der Waals surface area (Å²) in [5.41, 5.74) is 17.0. The molecule has 3 nitrogen and oxygen atoms in total. The summed E-state index contributed by atoms with van der Waals surface area (Å²) >= 11 is 0. The van der Waals surface area contributed by atoms with Gasteiger partial charge in [-0.05, 0) is 79.2 Å². The summed E-state index contributed by atoms with van der Waals surface area (Å²) in [6.07, 6.45) is 4.14. The van der Waals surface area contributed by atoms with E-state index in [9.17, 15) is 4.39 Å². The third kappa shape index (κ3) is 6.23. The van der Waals surface area contributed by atoms with Crippen LogP contribution in [0.1, 0.15) is 30.4 Å². The molecule has 0 saturated carbocycles. The van der Waals surface area contributed by atoms with Crippen molar-refractivity contribution in [1.29, 1.82) is 0 Å². The molecule has 0 spiro atoms. The fourth-order valence-corrected chi connectivity index (χ4v) is 3.53. The molecule has 0 amide bonds. The number of aryl methyl sites for hydroxylation is 1. The molecule has 0 aliphatic rings. The molecule has 0 unspecified atom stereocenters. The molecule has 0 aliphatic carbocycles. The van der Waals surface area contributed by atoms with Crippen LogP contribution < -0.4 is 16.8 Å². The Kier molecular flexibility index (Phi) is 8.57. The summed E-state index contributed by atoms with van der Waals surface area (Å²) in [7, 11) is 0. The second-order valence-corrected chi connectivity index (χ2v) is 7.65. The van der Waals surface area contributed by atoms with Crippen LogP contribution in [0.15, 0.2) is 66.7 Å². The second kappa shape index (κ2) is 11.6. The second-order valence-electron chi connectivity index (χ2n) is 7.65. The van der Waals surface area contributed by atoms with E-state index in [0.29, 0.717) is 12.1 Å². The Morgan fingerprint density at radius 1 is 0.667 bits per heavy atom. The van der Waals surface area contributed by atoms with Gasteiger partial charge in [-0.15, -0.1) is 0 Å². The molecule has 3 rings (SSSR count). The molecule has 0 fully saturated rings. The highest BCUT2D eigenvalue weighted by Gasteiger charge is 2.08. The largest absolute Gasteiger partial charge is 0.330 e. The van der Waals surface area contributed by atoms with Crippen molar-refractivity contribution >= 4 is 0 Å². The number of rotatable bonds is 11. The van der Waals surface area contributed by atoms with Crippen molar-refractivity contribution in [2.75, 3.05) is 19.6 Å². The van der Waals surface area contributed by atoms with Gasteiger partial charge in [0.1, 0.15) is 5.82 Å². The molecule has 30 heavy (non-hydrogen) atoms. The Balaban J connectivity index is 1.66. The van der Waals surface area contributed by atoms with Gasteiger partial charge < -0.3 is 16.8 Å². The number of unbranched alkanes of at least 4 members (excludes halogenated alkanes) is 1. The molecule has 0 aromatic heterocycles. The van der Waals surface area contributed by atoms with Crippen molar-refractivity contribution in [3.63, 3.8) is 0 Å². The van der Waals surface area contributed by atoms with Crippen molar-refractivity contribution in [1.82, 2.24) is 5.32 Å². The Morgan fingerprint density at radius 2 is 1.30 bits per heavy atom. The monoisotopic (exact) mass is 405 g/mol. The van der Waals surface area contributed by atoms with E-state index < -0.39 is 0 Å². The van der Waals surface area contributed by atoms with Crippen LogP contribution in [0, 0.1) is 5.82 Å². The van der Waals surface area contributed by atoms with E-state index in [1.807, 2.05) is 36.4 Å². The molecule has 0 radical (unpaired) electrons. The van der Waals surface area contributed by atoms with Gasteiger partial charge in [-0.3, -0.25) is 0 Å². The minimum absolute atomic E-state index is 0.201. The van der Waals surface area contributed by atoms with Crippen molar-refractivity contribution < 1.29 is 4.39 Å². The average Bonchev–Trinajstić information content (AvgIpc) is 2.78. The summed E-state index contributed by atoms with van der Waals surface area (Å²) in [5, 5.41) is 3.36. The van der Waals surface area contributed by atoms with Gasteiger partial charge in [-0.2, -0.15) is 0 Å². The molecule has 158 valence electrons. The molecule has 5 N–H and O–H groups in total. The number of nitrogens with one attached hydrogen (secondary N) is 1. The van der Waals surface area contributed by atoms with Crippen molar-refractivity contribution in [3.05, 3.63) is 83.7 Å². The average molecular weight is 406 g/mol. The first-order valence-corrected chi connectivity index (χ1v) is 10.8. The molecular formula is C26H32FN3. The fraction of sp³-hybridized carbons (Fsp3) is 0.308. The first-order chi connectivity index (χ1) is 14.7. The highest BCUT2D eigenvalue weighted by Crippen LogP contribution is 2.28. The number of hydrogen-bond acceptors (Lipinski definition) is 3. The molecular weight excluding hydrogens is 373 g/mol.